The van der Waals surface area contributed by atoms with Gasteiger partial charge in [0.25, 0.3) is 15.9 Å². The number of halogens is 1. The third-order valence-corrected chi connectivity index (χ3v) is 6.30. The first-order valence-electron chi connectivity index (χ1n) is 9.00. The van der Waals surface area contributed by atoms with Gasteiger partial charge in [-0.3, -0.25) is 9.10 Å². The average Bonchev–Trinajstić information content (AvgIpc) is 2.79. The van der Waals surface area contributed by atoms with Crippen molar-refractivity contribution in [1.82, 2.24) is 4.98 Å². The molecule has 0 saturated heterocycles. The summed E-state index contributed by atoms with van der Waals surface area (Å²) in [6.07, 6.45) is 1.47. The predicted octanol–water partition coefficient (Wildman–Crippen LogP) is 3.36. The van der Waals surface area contributed by atoms with Gasteiger partial charge in [-0.05, 0) is 42.5 Å². The molecule has 2 aromatic carbocycles. The standard InChI is InChI=1S/C21H18ClN3O5S/c1-25(16-8-3-2-4-9-16)31(28,29)17-10-5-7-15(13-17)21(27)30-14-19(26)24-18-11-6-12-23-20(18)22/h2-13H,14H2,1H3,(H,24,26). The van der Waals surface area contributed by atoms with Crippen LogP contribution < -0.4 is 9.62 Å². The number of amides is 1. The lowest BCUT2D eigenvalue weighted by molar-refractivity contribution is -0.119. The summed E-state index contributed by atoms with van der Waals surface area (Å²) in [7, 11) is -2.48. The molecule has 1 aromatic heterocycles. The Morgan fingerprint density at radius 2 is 1.81 bits per heavy atom. The molecule has 0 radical (unpaired) electrons. The number of nitrogens with one attached hydrogen (secondary N) is 1. The van der Waals surface area contributed by atoms with Crippen molar-refractivity contribution in [1.29, 1.82) is 0 Å². The monoisotopic (exact) mass is 459 g/mol. The van der Waals surface area contributed by atoms with Crippen LogP contribution >= 0.6 is 11.6 Å². The van der Waals surface area contributed by atoms with Crippen molar-refractivity contribution in [3.05, 3.63) is 83.6 Å². The number of nitrogens with zero attached hydrogens (tertiary/aromatic N) is 2. The van der Waals surface area contributed by atoms with Gasteiger partial charge in [-0.15, -0.1) is 0 Å². The van der Waals surface area contributed by atoms with Crippen LogP contribution in [-0.4, -0.2) is 38.9 Å². The maximum atomic E-state index is 12.9. The van der Waals surface area contributed by atoms with E-state index in [9.17, 15) is 18.0 Å². The lowest BCUT2D eigenvalue weighted by Crippen LogP contribution is -2.26. The molecule has 3 rings (SSSR count). The maximum Gasteiger partial charge on any atom is 0.338 e. The Labute approximate surface area is 184 Å². The maximum absolute atomic E-state index is 12.9. The van der Waals surface area contributed by atoms with Crippen LogP contribution in [0.15, 0.2) is 77.8 Å². The smallest absolute Gasteiger partial charge is 0.338 e. The van der Waals surface area contributed by atoms with E-state index in [0.29, 0.717) is 5.69 Å². The molecule has 0 atom stereocenters. The highest BCUT2D eigenvalue weighted by Crippen LogP contribution is 2.22. The summed E-state index contributed by atoms with van der Waals surface area (Å²) < 4.78 is 31.9. The molecule has 1 heterocycles. The number of sulfonamides is 1. The third kappa shape index (κ3) is 5.39. The number of ether oxygens (including phenoxy) is 1. The lowest BCUT2D eigenvalue weighted by atomic mass is 10.2. The molecule has 0 aliphatic carbocycles. The predicted molar refractivity (Wildman–Crippen MR) is 117 cm³/mol. The first-order chi connectivity index (χ1) is 14.8. The van der Waals surface area contributed by atoms with Crippen LogP contribution in [0.25, 0.3) is 0 Å². The highest BCUT2D eigenvalue weighted by Gasteiger charge is 2.23. The molecule has 160 valence electrons. The Morgan fingerprint density at radius 1 is 1.06 bits per heavy atom. The van der Waals surface area contributed by atoms with Crippen LogP contribution in [0.3, 0.4) is 0 Å². The van der Waals surface area contributed by atoms with Gasteiger partial charge in [-0.2, -0.15) is 0 Å². The fourth-order valence-electron chi connectivity index (χ4n) is 2.60. The lowest BCUT2D eigenvalue weighted by Gasteiger charge is -2.19. The molecule has 0 fully saturated rings. The molecule has 0 aliphatic heterocycles. The summed E-state index contributed by atoms with van der Waals surface area (Å²) in [6.45, 7) is -0.578. The zero-order valence-electron chi connectivity index (χ0n) is 16.4. The summed E-state index contributed by atoms with van der Waals surface area (Å²) in [5.74, 6) is -1.46. The summed E-state index contributed by atoms with van der Waals surface area (Å²) in [4.78, 5) is 28.1. The molecule has 1 N–H and O–H groups in total. The number of aromatic nitrogens is 1. The van der Waals surface area contributed by atoms with Gasteiger partial charge in [0.2, 0.25) is 0 Å². The van der Waals surface area contributed by atoms with Gasteiger partial charge in [0.05, 0.1) is 21.8 Å². The quantitative estimate of drug-likeness (QED) is 0.429. The third-order valence-electron chi connectivity index (χ3n) is 4.22. The number of hydrogen-bond acceptors (Lipinski definition) is 6. The van der Waals surface area contributed by atoms with Gasteiger partial charge in [-0.1, -0.05) is 35.9 Å². The van der Waals surface area contributed by atoms with Crippen molar-refractivity contribution in [3.8, 4) is 0 Å². The van der Waals surface area contributed by atoms with Gasteiger partial charge in [0.15, 0.2) is 11.8 Å². The minimum absolute atomic E-state index is 0.00486. The molecule has 0 unspecified atom stereocenters. The number of rotatable bonds is 7. The molecular weight excluding hydrogens is 442 g/mol. The van der Waals surface area contributed by atoms with Crippen LogP contribution in [0.2, 0.25) is 5.15 Å². The number of benzene rings is 2. The van der Waals surface area contributed by atoms with E-state index in [0.717, 1.165) is 4.31 Å². The number of anilines is 2. The van der Waals surface area contributed by atoms with E-state index in [-0.39, 0.29) is 21.3 Å². The van der Waals surface area contributed by atoms with Crippen molar-refractivity contribution in [3.63, 3.8) is 0 Å². The van der Waals surface area contributed by atoms with Crippen LogP contribution in [0.5, 0.6) is 0 Å². The second-order valence-electron chi connectivity index (χ2n) is 6.30. The van der Waals surface area contributed by atoms with Gasteiger partial charge in [0, 0.05) is 13.2 Å². The Morgan fingerprint density at radius 3 is 2.52 bits per heavy atom. The second-order valence-corrected chi connectivity index (χ2v) is 8.63. The molecule has 10 heteroatoms. The fourth-order valence-corrected chi connectivity index (χ4v) is 4.01. The SMILES string of the molecule is CN(c1ccccc1)S(=O)(=O)c1cccc(C(=O)OCC(=O)Nc2cccnc2Cl)c1. The van der Waals surface area contributed by atoms with Crippen molar-refractivity contribution in [2.24, 2.45) is 0 Å². The summed E-state index contributed by atoms with van der Waals surface area (Å²) in [5, 5.41) is 2.57. The molecule has 0 spiro atoms. The summed E-state index contributed by atoms with van der Waals surface area (Å²) >= 11 is 5.86. The van der Waals surface area contributed by atoms with E-state index in [2.05, 4.69) is 10.3 Å². The topological polar surface area (TPSA) is 106 Å². The first kappa shape index (κ1) is 22.3. The van der Waals surface area contributed by atoms with Crippen LogP contribution in [0, 0.1) is 0 Å². The van der Waals surface area contributed by atoms with Crippen molar-refractivity contribution in [2.45, 2.75) is 4.90 Å². The highest BCUT2D eigenvalue weighted by molar-refractivity contribution is 7.92. The number of carbonyl (C=O) groups is 2. The Hall–Kier alpha value is -3.43. The minimum atomic E-state index is -3.90. The summed E-state index contributed by atoms with van der Waals surface area (Å²) in [6, 6.07) is 17.1. The number of carbonyl (C=O) groups excluding carboxylic acids is 2. The molecule has 1 amide bonds. The zero-order chi connectivity index (χ0) is 22.4. The molecule has 0 aliphatic rings. The molecule has 3 aromatic rings. The molecule has 8 nitrogen and oxygen atoms in total. The molecule has 0 saturated carbocycles. The largest absolute Gasteiger partial charge is 0.452 e. The van der Waals surface area contributed by atoms with Crippen molar-refractivity contribution >= 4 is 44.9 Å². The van der Waals surface area contributed by atoms with E-state index in [4.69, 9.17) is 16.3 Å². The number of esters is 1. The van der Waals surface area contributed by atoms with Gasteiger partial charge in [0.1, 0.15) is 0 Å². The van der Waals surface area contributed by atoms with Crippen molar-refractivity contribution < 1.29 is 22.7 Å². The van der Waals surface area contributed by atoms with Crippen molar-refractivity contribution in [2.75, 3.05) is 23.3 Å². The zero-order valence-corrected chi connectivity index (χ0v) is 17.9. The van der Waals surface area contributed by atoms with Crippen LogP contribution in [0.1, 0.15) is 10.4 Å². The summed E-state index contributed by atoms with van der Waals surface area (Å²) in [5.41, 5.74) is 0.748. The first-order valence-corrected chi connectivity index (χ1v) is 10.8. The van der Waals surface area contributed by atoms with Gasteiger partial charge in [-0.25, -0.2) is 18.2 Å². The highest BCUT2D eigenvalue weighted by atomic mass is 35.5. The average molecular weight is 460 g/mol. The van der Waals surface area contributed by atoms with E-state index >= 15 is 0 Å². The second kappa shape index (κ2) is 9.59. The minimum Gasteiger partial charge on any atom is -0.452 e. The number of hydrogen-bond donors (Lipinski definition) is 1. The molecule has 0 bridgehead atoms. The number of pyridine rings is 1. The Bertz CT molecular complexity index is 1200. The van der Waals surface area contributed by atoms with E-state index < -0.39 is 28.5 Å². The van der Waals surface area contributed by atoms with Crippen LogP contribution in [-0.2, 0) is 19.6 Å². The number of para-hydroxylation sites is 1. The molecular formula is C21H18ClN3O5S. The normalized spacial score (nSPS) is 10.9. The van der Waals surface area contributed by atoms with E-state index in [1.54, 1.807) is 42.5 Å². The fraction of sp³-hybridized carbons (Fsp3) is 0.0952. The van der Waals surface area contributed by atoms with E-state index in [1.165, 1.54) is 37.5 Å². The van der Waals surface area contributed by atoms with E-state index in [1.807, 2.05) is 0 Å². The van der Waals surface area contributed by atoms with Gasteiger partial charge >= 0.3 is 5.97 Å². The van der Waals surface area contributed by atoms with Gasteiger partial charge < -0.3 is 10.1 Å². The Balaban J connectivity index is 1.68. The molecule has 31 heavy (non-hydrogen) atoms. The van der Waals surface area contributed by atoms with Crippen LogP contribution in [0.4, 0.5) is 11.4 Å². The Kier molecular flexibility index (Phi) is 6.88.